The standard InChI is InChI=1S/C22H29NO2/c1-7-17-8-10-18(11-9-17)16(5)23-22(24)20-13-19(14(2)3)21(25-6)12-15(20)4/h8-14,16H,7H2,1-6H3,(H,23,24). The smallest absolute Gasteiger partial charge is 0.252 e. The van der Waals surface area contributed by atoms with Crippen molar-refractivity contribution < 1.29 is 9.53 Å². The first-order valence-electron chi connectivity index (χ1n) is 8.95. The van der Waals surface area contributed by atoms with Gasteiger partial charge in [-0.15, -0.1) is 0 Å². The highest BCUT2D eigenvalue weighted by atomic mass is 16.5. The van der Waals surface area contributed by atoms with Gasteiger partial charge in [-0.3, -0.25) is 4.79 Å². The molecule has 3 heteroatoms. The predicted molar refractivity (Wildman–Crippen MR) is 104 cm³/mol. The third kappa shape index (κ3) is 4.41. The van der Waals surface area contributed by atoms with Crippen molar-refractivity contribution in [2.45, 2.75) is 53.0 Å². The average molecular weight is 339 g/mol. The number of amides is 1. The molecule has 0 saturated carbocycles. The molecule has 0 spiro atoms. The van der Waals surface area contributed by atoms with Crippen molar-refractivity contribution in [2.75, 3.05) is 7.11 Å². The van der Waals surface area contributed by atoms with Gasteiger partial charge in [0.05, 0.1) is 13.2 Å². The lowest BCUT2D eigenvalue weighted by molar-refractivity contribution is 0.0939. The van der Waals surface area contributed by atoms with Crippen molar-refractivity contribution in [3.8, 4) is 5.75 Å². The summed E-state index contributed by atoms with van der Waals surface area (Å²) in [6.45, 7) is 10.3. The molecule has 1 unspecified atom stereocenters. The van der Waals surface area contributed by atoms with Crippen LogP contribution in [0.5, 0.6) is 5.75 Å². The number of carbonyl (C=O) groups excluding carboxylic acids is 1. The summed E-state index contributed by atoms with van der Waals surface area (Å²) in [5, 5.41) is 3.11. The van der Waals surface area contributed by atoms with E-state index >= 15 is 0 Å². The van der Waals surface area contributed by atoms with E-state index in [0.29, 0.717) is 11.5 Å². The topological polar surface area (TPSA) is 38.3 Å². The maximum Gasteiger partial charge on any atom is 0.252 e. The van der Waals surface area contributed by atoms with Crippen LogP contribution in [0, 0.1) is 6.92 Å². The van der Waals surface area contributed by atoms with E-state index in [4.69, 9.17) is 4.74 Å². The van der Waals surface area contributed by atoms with Gasteiger partial charge >= 0.3 is 0 Å². The van der Waals surface area contributed by atoms with Gasteiger partial charge in [0.2, 0.25) is 0 Å². The van der Waals surface area contributed by atoms with Gasteiger partial charge in [0.1, 0.15) is 5.75 Å². The largest absolute Gasteiger partial charge is 0.496 e. The van der Waals surface area contributed by atoms with E-state index in [2.05, 4.69) is 50.4 Å². The van der Waals surface area contributed by atoms with Crippen LogP contribution in [-0.2, 0) is 6.42 Å². The molecule has 0 aliphatic rings. The molecule has 1 N–H and O–H groups in total. The lowest BCUT2D eigenvalue weighted by Gasteiger charge is -2.18. The van der Waals surface area contributed by atoms with E-state index in [0.717, 1.165) is 28.9 Å². The SMILES string of the molecule is CCc1ccc(C(C)NC(=O)c2cc(C(C)C)c(OC)cc2C)cc1. The fourth-order valence-corrected chi connectivity index (χ4v) is 2.97. The summed E-state index contributed by atoms with van der Waals surface area (Å²) in [5.41, 5.74) is 5.10. The Labute approximate surface area is 151 Å². The zero-order chi connectivity index (χ0) is 18.6. The minimum Gasteiger partial charge on any atom is -0.496 e. The van der Waals surface area contributed by atoms with Crippen LogP contribution in [0.25, 0.3) is 0 Å². The third-order valence-electron chi connectivity index (χ3n) is 4.68. The van der Waals surface area contributed by atoms with Crippen LogP contribution in [0.3, 0.4) is 0 Å². The van der Waals surface area contributed by atoms with Gasteiger partial charge in [-0.2, -0.15) is 0 Å². The van der Waals surface area contributed by atoms with Crippen LogP contribution >= 0.6 is 0 Å². The third-order valence-corrected chi connectivity index (χ3v) is 4.68. The Morgan fingerprint density at radius 3 is 2.28 bits per heavy atom. The van der Waals surface area contributed by atoms with E-state index in [9.17, 15) is 4.79 Å². The molecule has 0 saturated heterocycles. The van der Waals surface area contributed by atoms with E-state index in [1.807, 2.05) is 26.0 Å². The molecule has 0 aliphatic carbocycles. The first-order chi connectivity index (χ1) is 11.9. The molecule has 0 bridgehead atoms. The number of hydrogen-bond donors (Lipinski definition) is 1. The van der Waals surface area contributed by atoms with Gasteiger partial charge in [0, 0.05) is 5.56 Å². The van der Waals surface area contributed by atoms with Gasteiger partial charge in [-0.1, -0.05) is 45.0 Å². The van der Waals surface area contributed by atoms with Gasteiger partial charge in [0.25, 0.3) is 5.91 Å². The van der Waals surface area contributed by atoms with Crippen LogP contribution in [0.15, 0.2) is 36.4 Å². The molecule has 25 heavy (non-hydrogen) atoms. The highest BCUT2D eigenvalue weighted by molar-refractivity contribution is 5.96. The van der Waals surface area contributed by atoms with Crippen LogP contribution in [0.4, 0.5) is 0 Å². The minimum absolute atomic E-state index is 0.0394. The Balaban J connectivity index is 2.23. The summed E-state index contributed by atoms with van der Waals surface area (Å²) in [5.74, 6) is 1.09. The zero-order valence-corrected chi connectivity index (χ0v) is 16.1. The maximum absolute atomic E-state index is 12.8. The molecule has 0 fully saturated rings. The lowest BCUT2D eigenvalue weighted by Crippen LogP contribution is -2.27. The molecule has 2 aromatic carbocycles. The Morgan fingerprint density at radius 2 is 1.76 bits per heavy atom. The summed E-state index contributed by atoms with van der Waals surface area (Å²) in [6, 6.07) is 12.3. The van der Waals surface area contributed by atoms with Crippen LogP contribution < -0.4 is 10.1 Å². The molecule has 2 aromatic rings. The molecule has 3 nitrogen and oxygen atoms in total. The van der Waals surface area contributed by atoms with Crippen LogP contribution in [-0.4, -0.2) is 13.0 Å². The van der Waals surface area contributed by atoms with Crippen molar-refractivity contribution in [1.82, 2.24) is 5.32 Å². The summed E-state index contributed by atoms with van der Waals surface area (Å²) >= 11 is 0. The molecule has 1 atom stereocenters. The molecule has 2 rings (SSSR count). The second-order valence-electron chi connectivity index (χ2n) is 6.85. The van der Waals surface area contributed by atoms with Crippen molar-refractivity contribution in [1.29, 1.82) is 0 Å². The van der Waals surface area contributed by atoms with Crippen molar-refractivity contribution in [3.05, 3.63) is 64.2 Å². The molecule has 0 aliphatic heterocycles. The molecule has 134 valence electrons. The summed E-state index contributed by atoms with van der Waals surface area (Å²) in [6.07, 6.45) is 1.02. The second kappa shape index (κ2) is 8.19. The first-order valence-corrected chi connectivity index (χ1v) is 8.95. The van der Waals surface area contributed by atoms with Crippen LogP contribution in [0.1, 0.15) is 72.3 Å². The second-order valence-corrected chi connectivity index (χ2v) is 6.85. The summed E-state index contributed by atoms with van der Waals surface area (Å²) in [7, 11) is 1.67. The Hall–Kier alpha value is -2.29. The lowest BCUT2D eigenvalue weighted by atomic mass is 9.95. The van der Waals surface area contributed by atoms with Crippen LogP contribution in [0.2, 0.25) is 0 Å². The van der Waals surface area contributed by atoms with Gasteiger partial charge in [-0.25, -0.2) is 0 Å². The van der Waals surface area contributed by atoms with Gasteiger partial charge in [-0.05, 0) is 60.6 Å². The number of rotatable bonds is 6. The molecule has 0 aromatic heterocycles. The van der Waals surface area contributed by atoms with Crippen molar-refractivity contribution >= 4 is 5.91 Å². The normalized spacial score (nSPS) is 12.1. The van der Waals surface area contributed by atoms with Gasteiger partial charge in [0.15, 0.2) is 0 Å². The molecule has 1 amide bonds. The summed E-state index contributed by atoms with van der Waals surface area (Å²) in [4.78, 5) is 12.8. The monoisotopic (exact) mass is 339 g/mol. The van der Waals surface area contributed by atoms with E-state index in [1.54, 1.807) is 7.11 Å². The number of nitrogens with one attached hydrogen (secondary N) is 1. The molecule has 0 radical (unpaired) electrons. The van der Waals surface area contributed by atoms with E-state index in [1.165, 1.54) is 5.56 Å². The number of aryl methyl sites for hydroxylation is 2. The minimum atomic E-state index is -0.0471. The fraction of sp³-hybridized carbons (Fsp3) is 0.409. The number of carbonyl (C=O) groups is 1. The number of hydrogen-bond acceptors (Lipinski definition) is 2. The number of ether oxygens (including phenoxy) is 1. The zero-order valence-electron chi connectivity index (χ0n) is 16.1. The highest BCUT2D eigenvalue weighted by Gasteiger charge is 2.17. The predicted octanol–water partition coefficient (Wildman–Crippen LogP) is 5.18. The number of methoxy groups -OCH3 is 1. The maximum atomic E-state index is 12.8. The van der Waals surface area contributed by atoms with E-state index < -0.39 is 0 Å². The molecular weight excluding hydrogens is 310 g/mol. The number of benzene rings is 2. The highest BCUT2D eigenvalue weighted by Crippen LogP contribution is 2.30. The molecular formula is C22H29NO2. The van der Waals surface area contributed by atoms with Gasteiger partial charge < -0.3 is 10.1 Å². The van der Waals surface area contributed by atoms with Crippen molar-refractivity contribution in [3.63, 3.8) is 0 Å². The van der Waals surface area contributed by atoms with Crippen molar-refractivity contribution in [2.24, 2.45) is 0 Å². The fourth-order valence-electron chi connectivity index (χ4n) is 2.97. The first kappa shape index (κ1) is 19.0. The van der Waals surface area contributed by atoms with E-state index in [-0.39, 0.29) is 11.9 Å². The Morgan fingerprint density at radius 1 is 1.12 bits per heavy atom. The summed E-state index contributed by atoms with van der Waals surface area (Å²) < 4.78 is 5.46. The Bertz CT molecular complexity index is 732. The average Bonchev–Trinajstić information content (AvgIpc) is 2.60. The quantitative estimate of drug-likeness (QED) is 0.787. The Kier molecular flexibility index (Phi) is 6.24. The molecule has 0 heterocycles.